The van der Waals surface area contributed by atoms with Crippen LogP contribution < -0.4 is 0 Å². The standard InChI is InChI=1S/C23H28N2O2S/c1-17-7-12-21(28-17)23(27)25-15-13-24(14-16-25)22(26)20-10-8-19(9-11-20)18-5-3-2-4-6-18/h7-12,18H,2-6,13-16H2,1H3. The van der Waals surface area contributed by atoms with E-state index in [9.17, 15) is 9.59 Å². The Morgan fingerprint density at radius 1 is 0.821 bits per heavy atom. The number of hydrogen-bond acceptors (Lipinski definition) is 3. The Bertz CT molecular complexity index is 829. The van der Waals surface area contributed by atoms with Crippen molar-refractivity contribution in [2.45, 2.75) is 44.9 Å². The third-order valence-electron chi connectivity index (χ3n) is 6.04. The van der Waals surface area contributed by atoms with Gasteiger partial charge < -0.3 is 9.80 Å². The number of piperazine rings is 1. The van der Waals surface area contributed by atoms with Crippen molar-refractivity contribution in [2.75, 3.05) is 26.2 Å². The van der Waals surface area contributed by atoms with Gasteiger partial charge in [-0.2, -0.15) is 0 Å². The fraction of sp³-hybridized carbons (Fsp3) is 0.478. The molecule has 1 aromatic heterocycles. The number of benzene rings is 1. The number of hydrogen-bond donors (Lipinski definition) is 0. The summed E-state index contributed by atoms with van der Waals surface area (Å²) in [6.45, 7) is 4.40. The van der Waals surface area contributed by atoms with E-state index in [2.05, 4.69) is 12.1 Å². The third-order valence-corrected chi connectivity index (χ3v) is 7.03. The number of thiophene rings is 1. The Labute approximate surface area is 171 Å². The molecule has 0 bridgehead atoms. The van der Waals surface area contributed by atoms with Crippen molar-refractivity contribution in [2.24, 2.45) is 0 Å². The van der Waals surface area contributed by atoms with Crippen LogP contribution in [0.4, 0.5) is 0 Å². The Hall–Kier alpha value is -2.14. The minimum Gasteiger partial charge on any atom is -0.335 e. The fourth-order valence-electron chi connectivity index (χ4n) is 4.33. The Kier molecular flexibility index (Phi) is 5.81. The second kappa shape index (κ2) is 8.48. The molecule has 2 fully saturated rings. The molecule has 2 aromatic rings. The van der Waals surface area contributed by atoms with Crippen molar-refractivity contribution in [3.63, 3.8) is 0 Å². The molecule has 1 aromatic carbocycles. The average molecular weight is 397 g/mol. The van der Waals surface area contributed by atoms with Gasteiger partial charge in [0.05, 0.1) is 4.88 Å². The molecule has 148 valence electrons. The maximum atomic E-state index is 12.9. The lowest BCUT2D eigenvalue weighted by Crippen LogP contribution is -2.50. The van der Waals surface area contributed by atoms with E-state index < -0.39 is 0 Å². The largest absolute Gasteiger partial charge is 0.335 e. The first-order chi connectivity index (χ1) is 13.6. The second-order valence-electron chi connectivity index (χ2n) is 7.95. The van der Waals surface area contributed by atoms with Crippen LogP contribution in [0.5, 0.6) is 0 Å². The molecule has 0 unspecified atom stereocenters. The quantitative estimate of drug-likeness (QED) is 0.754. The molecule has 5 heteroatoms. The zero-order valence-corrected chi connectivity index (χ0v) is 17.3. The van der Waals surface area contributed by atoms with Crippen molar-refractivity contribution in [3.05, 3.63) is 57.3 Å². The van der Waals surface area contributed by atoms with Crippen LogP contribution in [-0.4, -0.2) is 47.8 Å². The maximum absolute atomic E-state index is 12.9. The van der Waals surface area contributed by atoms with Gasteiger partial charge in [-0.25, -0.2) is 0 Å². The van der Waals surface area contributed by atoms with Crippen molar-refractivity contribution in [3.8, 4) is 0 Å². The van der Waals surface area contributed by atoms with Crippen LogP contribution in [0.1, 0.15) is 68.5 Å². The number of carbonyl (C=O) groups is 2. The highest BCUT2D eigenvalue weighted by Crippen LogP contribution is 2.32. The topological polar surface area (TPSA) is 40.6 Å². The minimum atomic E-state index is 0.0780. The van der Waals surface area contributed by atoms with Gasteiger partial charge in [0.15, 0.2) is 0 Å². The third kappa shape index (κ3) is 4.14. The van der Waals surface area contributed by atoms with Crippen molar-refractivity contribution >= 4 is 23.2 Å². The monoisotopic (exact) mass is 396 g/mol. The number of amides is 2. The van der Waals surface area contributed by atoms with E-state index in [1.54, 1.807) is 0 Å². The Balaban J connectivity index is 1.34. The van der Waals surface area contributed by atoms with E-state index in [0.29, 0.717) is 32.1 Å². The summed E-state index contributed by atoms with van der Waals surface area (Å²) in [5.41, 5.74) is 2.13. The van der Waals surface area contributed by atoms with Crippen LogP contribution in [0.2, 0.25) is 0 Å². The van der Waals surface area contributed by atoms with Crippen molar-refractivity contribution in [1.82, 2.24) is 9.80 Å². The zero-order valence-electron chi connectivity index (χ0n) is 16.5. The molecule has 0 N–H and O–H groups in total. The van der Waals surface area contributed by atoms with E-state index >= 15 is 0 Å². The number of rotatable bonds is 3. The fourth-order valence-corrected chi connectivity index (χ4v) is 5.17. The molecule has 1 aliphatic carbocycles. The molecule has 28 heavy (non-hydrogen) atoms. The molecule has 4 rings (SSSR count). The molecule has 1 saturated heterocycles. The summed E-state index contributed by atoms with van der Waals surface area (Å²) in [5, 5.41) is 0. The summed E-state index contributed by atoms with van der Waals surface area (Å²) < 4.78 is 0. The van der Waals surface area contributed by atoms with E-state index in [1.165, 1.54) is 49.0 Å². The Morgan fingerprint density at radius 2 is 1.43 bits per heavy atom. The van der Waals surface area contributed by atoms with E-state index in [-0.39, 0.29) is 11.8 Å². The second-order valence-corrected chi connectivity index (χ2v) is 9.24. The molecule has 2 heterocycles. The lowest BCUT2D eigenvalue weighted by atomic mass is 9.84. The molecular formula is C23H28N2O2S. The molecule has 0 spiro atoms. The van der Waals surface area contributed by atoms with Gasteiger partial charge in [0.2, 0.25) is 0 Å². The number of carbonyl (C=O) groups excluding carboxylic acids is 2. The first-order valence-corrected chi connectivity index (χ1v) is 11.2. The minimum absolute atomic E-state index is 0.0780. The summed E-state index contributed by atoms with van der Waals surface area (Å²) >= 11 is 1.53. The summed E-state index contributed by atoms with van der Waals surface area (Å²) in [5.74, 6) is 0.824. The van der Waals surface area contributed by atoms with Gasteiger partial charge in [0.1, 0.15) is 0 Å². The summed E-state index contributed by atoms with van der Waals surface area (Å²) in [7, 11) is 0. The maximum Gasteiger partial charge on any atom is 0.264 e. The van der Waals surface area contributed by atoms with Crippen LogP contribution >= 0.6 is 11.3 Å². The first-order valence-electron chi connectivity index (χ1n) is 10.4. The summed E-state index contributed by atoms with van der Waals surface area (Å²) in [6, 6.07) is 12.1. The highest BCUT2D eigenvalue weighted by Gasteiger charge is 2.26. The SMILES string of the molecule is Cc1ccc(C(=O)N2CCN(C(=O)c3ccc(C4CCCCC4)cc3)CC2)s1. The van der Waals surface area contributed by atoms with E-state index in [4.69, 9.17) is 0 Å². The predicted molar refractivity (Wildman–Crippen MR) is 113 cm³/mol. The Morgan fingerprint density at radius 3 is 2.00 bits per heavy atom. The van der Waals surface area contributed by atoms with Crippen LogP contribution in [0.3, 0.4) is 0 Å². The van der Waals surface area contributed by atoms with Gasteiger partial charge in [0, 0.05) is 36.6 Å². The molecule has 0 radical (unpaired) electrons. The summed E-state index contributed by atoms with van der Waals surface area (Å²) in [4.78, 5) is 31.1. The van der Waals surface area contributed by atoms with Gasteiger partial charge in [-0.15, -0.1) is 11.3 Å². The van der Waals surface area contributed by atoms with Crippen molar-refractivity contribution in [1.29, 1.82) is 0 Å². The lowest BCUT2D eigenvalue weighted by Gasteiger charge is -2.34. The van der Waals surface area contributed by atoms with E-state index in [0.717, 1.165) is 15.3 Å². The van der Waals surface area contributed by atoms with Gasteiger partial charge in [-0.1, -0.05) is 31.4 Å². The highest BCUT2D eigenvalue weighted by molar-refractivity contribution is 7.13. The van der Waals surface area contributed by atoms with Crippen LogP contribution in [-0.2, 0) is 0 Å². The average Bonchev–Trinajstić information content (AvgIpc) is 3.20. The molecular weight excluding hydrogens is 368 g/mol. The zero-order chi connectivity index (χ0) is 19.5. The molecule has 1 saturated carbocycles. The smallest absolute Gasteiger partial charge is 0.264 e. The van der Waals surface area contributed by atoms with Gasteiger partial charge in [-0.3, -0.25) is 9.59 Å². The van der Waals surface area contributed by atoms with Gasteiger partial charge in [0.25, 0.3) is 11.8 Å². The van der Waals surface area contributed by atoms with Crippen LogP contribution in [0.25, 0.3) is 0 Å². The van der Waals surface area contributed by atoms with Crippen LogP contribution in [0.15, 0.2) is 36.4 Å². The molecule has 4 nitrogen and oxygen atoms in total. The normalized spacial score (nSPS) is 18.3. The van der Waals surface area contributed by atoms with Gasteiger partial charge >= 0.3 is 0 Å². The lowest BCUT2D eigenvalue weighted by molar-refractivity contribution is 0.0538. The predicted octanol–water partition coefficient (Wildman–Crippen LogP) is 4.70. The highest BCUT2D eigenvalue weighted by atomic mass is 32.1. The number of aryl methyl sites for hydroxylation is 1. The molecule has 2 aliphatic rings. The molecule has 2 amide bonds. The van der Waals surface area contributed by atoms with Gasteiger partial charge in [-0.05, 0) is 55.5 Å². The number of nitrogens with zero attached hydrogens (tertiary/aromatic N) is 2. The molecule has 1 aliphatic heterocycles. The first kappa shape index (κ1) is 19.2. The van der Waals surface area contributed by atoms with Crippen molar-refractivity contribution < 1.29 is 9.59 Å². The summed E-state index contributed by atoms with van der Waals surface area (Å²) in [6.07, 6.45) is 6.53. The molecule has 0 atom stereocenters. The van der Waals surface area contributed by atoms with Crippen LogP contribution in [0, 0.1) is 6.92 Å². The van der Waals surface area contributed by atoms with E-state index in [1.807, 2.05) is 41.0 Å².